The predicted molar refractivity (Wildman–Crippen MR) is 52.7 cm³/mol. The fourth-order valence-corrected chi connectivity index (χ4v) is 1.28. The highest BCUT2D eigenvalue weighted by atomic mass is 16.5. The Bertz CT molecular complexity index is 390. The molecular formula is C11H11N2O. The number of hydrogen-bond acceptors (Lipinski definition) is 3. The van der Waals surface area contributed by atoms with Gasteiger partial charge in [-0.2, -0.15) is 4.98 Å². The molecule has 1 radical (unpaired) electrons. The van der Waals surface area contributed by atoms with Gasteiger partial charge < -0.3 is 4.52 Å². The second-order valence-electron chi connectivity index (χ2n) is 3.48. The second-order valence-corrected chi connectivity index (χ2v) is 3.48. The molecule has 1 heterocycles. The zero-order valence-electron chi connectivity index (χ0n) is 8.19. The number of rotatable bonds is 2. The normalized spacial score (nSPS) is 10.8. The monoisotopic (exact) mass is 187 g/mol. The van der Waals surface area contributed by atoms with Crippen molar-refractivity contribution < 1.29 is 4.52 Å². The van der Waals surface area contributed by atoms with Crippen molar-refractivity contribution >= 4 is 0 Å². The molecule has 0 aliphatic rings. The molecule has 2 rings (SSSR count). The lowest BCUT2D eigenvalue weighted by Crippen LogP contribution is -1.86. The van der Waals surface area contributed by atoms with Crippen LogP contribution in [0.3, 0.4) is 0 Å². The highest BCUT2D eigenvalue weighted by Crippen LogP contribution is 2.20. The van der Waals surface area contributed by atoms with Crippen LogP contribution in [0.4, 0.5) is 0 Å². The number of benzene rings is 1. The summed E-state index contributed by atoms with van der Waals surface area (Å²) in [5.41, 5.74) is 2.24. The Labute approximate surface area is 82.8 Å². The van der Waals surface area contributed by atoms with E-state index in [4.69, 9.17) is 4.52 Å². The van der Waals surface area contributed by atoms with E-state index in [0.717, 1.165) is 5.56 Å². The molecule has 3 heteroatoms. The maximum Gasteiger partial charge on any atom is 0.258 e. The van der Waals surface area contributed by atoms with Gasteiger partial charge in [0.25, 0.3) is 5.89 Å². The first kappa shape index (κ1) is 8.94. The van der Waals surface area contributed by atoms with Crippen LogP contribution < -0.4 is 0 Å². The van der Waals surface area contributed by atoms with Crippen LogP contribution in [0.1, 0.15) is 25.3 Å². The third-order valence-electron chi connectivity index (χ3n) is 2.15. The molecule has 0 aliphatic heterocycles. The van der Waals surface area contributed by atoms with Gasteiger partial charge in [0.1, 0.15) is 0 Å². The van der Waals surface area contributed by atoms with Gasteiger partial charge in [-0.15, -0.1) is 0 Å². The van der Waals surface area contributed by atoms with Crippen LogP contribution in [0.15, 0.2) is 28.8 Å². The largest absolute Gasteiger partial charge is 0.333 e. The van der Waals surface area contributed by atoms with E-state index in [-0.39, 0.29) is 0 Å². The van der Waals surface area contributed by atoms with Crippen LogP contribution >= 0.6 is 0 Å². The van der Waals surface area contributed by atoms with E-state index in [1.807, 2.05) is 12.1 Å². The van der Waals surface area contributed by atoms with E-state index in [0.29, 0.717) is 11.8 Å². The third-order valence-corrected chi connectivity index (χ3v) is 2.15. The van der Waals surface area contributed by atoms with E-state index in [1.165, 1.54) is 5.56 Å². The molecule has 0 saturated carbocycles. The maximum atomic E-state index is 4.90. The van der Waals surface area contributed by atoms with Crippen LogP contribution in [0.5, 0.6) is 0 Å². The molecule has 1 aromatic heterocycles. The summed E-state index contributed by atoms with van der Waals surface area (Å²) in [6, 6.07) is 8.11. The fourth-order valence-electron chi connectivity index (χ4n) is 1.28. The minimum atomic E-state index is 0.514. The van der Waals surface area contributed by atoms with Crippen molar-refractivity contribution in [1.82, 2.24) is 10.1 Å². The van der Waals surface area contributed by atoms with E-state index >= 15 is 0 Å². The summed E-state index contributed by atoms with van der Waals surface area (Å²) in [6.07, 6.45) is 2.40. The van der Waals surface area contributed by atoms with Crippen molar-refractivity contribution in [2.24, 2.45) is 0 Å². The molecule has 0 unspecified atom stereocenters. The number of nitrogens with zero attached hydrogens (tertiary/aromatic N) is 2. The Kier molecular flexibility index (Phi) is 2.31. The zero-order chi connectivity index (χ0) is 9.97. The van der Waals surface area contributed by atoms with Gasteiger partial charge >= 0.3 is 0 Å². The van der Waals surface area contributed by atoms with Crippen LogP contribution in [0.2, 0.25) is 0 Å². The summed E-state index contributed by atoms with van der Waals surface area (Å²) in [5, 5.41) is 3.44. The van der Waals surface area contributed by atoms with Crippen LogP contribution in [0.25, 0.3) is 11.5 Å². The summed E-state index contributed by atoms with van der Waals surface area (Å²) < 4.78 is 4.90. The Balaban J connectivity index is 2.31. The van der Waals surface area contributed by atoms with Gasteiger partial charge in [-0.05, 0) is 23.6 Å². The SMILES string of the molecule is CC(C)c1ccc(-c2n[c]no2)cc1. The lowest BCUT2D eigenvalue weighted by molar-refractivity contribution is 0.429. The standard InChI is InChI=1S/C11H11N2O/c1-8(2)9-3-5-10(6-4-9)11-12-7-13-14-11/h3-6,8H,1-2H3. The Morgan fingerprint density at radius 2 is 1.93 bits per heavy atom. The van der Waals surface area contributed by atoms with Gasteiger partial charge in [0.15, 0.2) is 0 Å². The minimum Gasteiger partial charge on any atom is -0.333 e. The Morgan fingerprint density at radius 3 is 2.43 bits per heavy atom. The number of aromatic nitrogens is 2. The van der Waals surface area contributed by atoms with E-state index in [1.54, 1.807) is 0 Å². The molecule has 0 spiro atoms. The molecule has 0 atom stereocenters. The molecule has 0 amide bonds. The molecule has 2 aromatic rings. The second kappa shape index (κ2) is 3.62. The van der Waals surface area contributed by atoms with Crippen molar-refractivity contribution in [3.05, 3.63) is 36.2 Å². The Hall–Kier alpha value is -1.64. The molecule has 0 aliphatic carbocycles. The van der Waals surface area contributed by atoms with Gasteiger partial charge in [-0.1, -0.05) is 31.1 Å². The molecule has 1 aromatic carbocycles. The smallest absolute Gasteiger partial charge is 0.258 e. The lowest BCUT2D eigenvalue weighted by Gasteiger charge is -2.04. The van der Waals surface area contributed by atoms with Gasteiger partial charge in [0.05, 0.1) is 0 Å². The first-order valence-electron chi connectivity index (χ1n) is 4.57. The summed E-state index contributed by atoms with van der Waals surface area (Å²) in [6.45, 7) is 4.32. The zero-order valence-corrected chi connectivity index (χ0v) is 8.19. The molecule has 14 heavy (non-hydrogen) atoms. The molecule has 0 fully saturated rings. The topological polar surface area (TPSA) is 38.9 Å². The first-order chi connectivity index (χ1) is 6.77. The summed E-state index contributed by atoms with van der Waals surface area (Å²) in [5.74, 6) is 1.05. The fraction of sp³-hybridized carbons (Fsp3) is 0.273. The lowest BCUT2D eigenvalue weighted by atomic mass is 10.0. The predicted octanol–water partition coefficient (Wildman–Crippen LogP) is 2.66. The van der Waals surface area contributed by atoms with E-state index in [9.17, 15) is 0 Å². The van der Waals surface area contributed by atoms with Crippen molar-refractivity contribution in [3.8, 4) is 11.5 Å². The van der Waals surface area contributed by atoms with E-state index < -0.39 is 0 Å². The van der Waals surface area contributed by atoms with Gasteiger partial charge in [0, 0.05) is 5.56 Å². The molecule has 71 valence electrons. The van der Waals surface area contributed by atoms with Crippen molar-refractivity contribution in [2.75, 3.05) is 0 Å². The van der Waals surface area contributed by atoms with Crippen LogP contribution in [-0.4, -0.2) is 10.1 Å². The van der Waals surface area contributed by atoms with Gasteiger partial charge in [-0.25, -0.2) is 0 Å². The number of hydrogen-bond donors (Lipinski definition) is 0. The first-order valence-corrected chi connectivity index (χ1v) is 4.57. The quantitative estimate of drug-likeness (QED) is 0.725. The Morgan fingerprint density at radius 1 is 1.21 bits per heavy atom. The maximum absolute atomic E-state index is 4.90. The summed E-state index contributed by atoms with van der Waals surface area (Å²) in [7, 11) is 0. The third kappa shape index (κ3) is 1.66. The van der Waals surface area contributed by atoms with Crippen molar-refractivity contribution in [3.63, 3.8) is 0 Å². The highest BCUT2D eigenvalue weighted by molar-refractivity contribution is 5.52. The van der Waals surface area contributed by atoms with Crippen LogP contribution in [0, 0.1) is 6.33 Å². The molecular weight excluding hydrogens is 176 g/mol. The van der Waals surface area contributed by atoms with Crippen LogP contribution in [-0.2, 0) is 0 Å². The summed E-state index contributed by atoms with van der Waals surface area (Å²) >= 11 is 0. The van der Waals surface area contributed by atoms with Gasteiger partial charge in [-0.3, -0.25) is 0 Å². The molecule has 0 N–H and O–H groups in total. The highest BCUT2D eigenvalue weighted by Gasteiger charge is 2.04. The van der Waals surface area contributed by atoms with Gasteiger partial charge in [0.2, 0.25) is 6.33 Å². The average Bonchev–Trinajstić information content (AvgIpc) is 2.71. The summed E-state index contributed by atoms with van der Waals surface area (Å²) in [4.78, 5) is 3.86. The minimum absolute atomic E-state index is 0.514. The molecule has 3 nitrogen and oxygen atoms in total. The molecule has 0 saturated heterocycles. The van der Waals surface area contributed by atoms with Crippen molar-refractivity contribution in [1.29, 1.82) is 0 Å². The van der Waals surface area contributed by atoms with Crippen molar-refractivity contribution in [2.45, 2.75) is 19.8 Å². The van der Waals surface area contributed by atoms with E-state index in [2.05, 4.69) is 42.4 Å². The average molecular weight is 187 g/mol. The molecule has 0 bridgehead atoms.